The fourth-order valence-electron chi connectivity index (χ4n) is 3.86. The zero-order chi connectivity index (χ0) is 25.5. The lowest BCUT2D eigenvalue weighted by Gasteiger charge is -2.32. The molecule has 1 rings (SSSR count). The Labute approximate surface area is 197 Å². The first-order chi connectivity index (χ1) is 15.3. The van der Waals surface area contributed by atoms with Gasteiger partial charge in [-0.15, -0.1) is 0 Å². The predicted octanol–water partition coefficient (Wildman–Crippen LogP) is 2.51. The molecule has 0 aromatic heterocycles. The van der Waals surface area contributed by atoms with Gasteiger partial charge in [-0.25, -0.2) is 0 Å². The Hall–Kier alpha value is -2.90. The van der Waals surface area contributed by atoms with Crippen LogP contribution in [0, 0.1) is 11.8 Å². The molecule has 1 saturated heterocycles. The minimum atomic E-state index is -0.822. The summed E-state index contributed by atoms with van der Waals surface area (Å²) in [4.78, 5) is 52.3. The van der Waals surface area contributed by atoms with Crippen LogP contribution < -0.4 is 10.6 Å². The molecule has 8 heteroatoms. The minimum absolute atomic E-state index is 0.0166. The molecule has 8 nitrogen and oxygen atoms in total. The van der Waals surface area contributed by atoms with E-state index >= 15 is 0 Å². The lowest BCUT2D eigenvalue weighted by Crippen LogP contribution is -2.55. The smallest absolute Gasteiger partial charge is 0.326 e. The molecule has 4 atom stereocenters. The van der Waals surface area contributed by atoms with E-state index in [1.165, 1.54) is 11.9 Å². The molecular weight excluding hydrogens is 422 g/mol. The number of hydrogen-bond acceptors (Lipinski definition) is 5. The summed E-state index contributed by atoms with van der Waals surface area (Å²) in [6.45, 7) is 16.4. The summed E-state index contributed by atoms with van der Waals surface area (Å²) in [7, 11) is 1.51. The van der Waals surface area contributed by atoms with Crippen molar-refractivity contribution in [2.75, 3.05) is 13.6 Å². The number of cyclic esters (lactones) is 1. The van der Waals surface area contributed by atoms with Gasteiger partial charge in [-0.2, -0.15) is 0 Å². The van der Waals surface area contributed by atoms with Crippen molar-refractivity contribution < 1.29 is 23.9 Å². The quantitative estimate of drug-likeness (QED) is 0.382. The van der Waals surface area contributed by atoms with Crippen LogP contribution in [-0.2, 0) is 23.9 Å². The van der Waals surface area contributed by atoms with Crippen LogP contribution in [0.25, 0.3) is 0 Å². The molecule has 0 aromatic carbocycles. The lowest BCUT2D eigenvalue weighted by molar-refractivity contribution is -0.149. The summed E-state index contributed by atoms with van der Waals surface area (Å²) in [5.41, 5.74) is 2.37. The molecule has 0 saturated carbocycles. The van der Waals surface area contributed by atoms with Gasteiger partial charge < -0.3 is 20.3 Å². The van der Waals surface area contributed by atoms with E-state index in [0.29, 0.717) is 5.57 Å². The van der Waals surface area contributed by atoms with Crippen molar-refractivity contribution in [1.82, 2.24) is 15.5 Å². The number of ether oxygens (including phenoxy) is 1. The van der Waals surface area contributed by atoms with Crippen LogP contribution in [0.2, 0.25) is 0 Å². The maximum absolute atomic E-state index is 12.9. The maximum atomic E-state index is 12.9. The van der Waals surface area contributed by atoms with Crippen molar-refractivity contribution in [3.63, 3.8) is 0 Å². The number of esters is 1. The summed E-state index contributed by atoms with van der Waals surface area (Å²) in [5.74, 6) is -2.40. The fourth-order valence-corrected chi connectivity index (χ4v) is 3.86. The number of nitrogens with zero attached hydrogens (tertiary/aromatic N) is 1. The van der Waals surface area contributed by atoms with Crippen LogP contribution >= 0.6 is 0 Å². The zero-order valence-corrected chi connectivity index (χ0v) is 21.2. The summed E-state index contributed by atoms with van der Waals surface area (Å²) in [5, 5.41) is 5.29. The van der Waals surface area contributed by atoms with Crippen LogP contribution in [0.1, 0.15) is 54.9 Å². The van der Waals surface area contributed by atoms with Crippen LogP contribution in [0.15, 0.2) is 35.5 Å². The molecule has 0 aromatic rings. The van der Waals surface area contributed by atoms with Crippen molar-refractivity contribution >= 4 is 23.7 Å². The Morgan fingerprint density at radius 3 is 2.33 bits per heavy atom. The average Bonchev–Trinajstić information content (AvgIpc) is 2.73. The Bertz CT molecular complexity index is 843. The largest absolute Gasteiger partial charge is 0.456 e. The summed E-state index contributed by atoms with van der Waals surface area (Å²) < 4.78 is 5.74. The molecule has 0 unspecified atom stereocenters. The van der Waals surface area contributed by atoms with E-state index in [-0.39, 0.29) is 30.7 Å². The molecule has 0 aliphatic carbocycles. The third-order valence-electron chi connectivity index (χ3n) is 5.92. The van der Waals surface area contributed by atoms with Gasteiger partial charge in [-0.05, 0) is 39.2 Å². The first-order valence-corrected chi connectivity index (χ1v) is 11.3. The van der Waals surface area contributed by atoms with E-state index in [1.807, 2.05) is 53.7 Å². The molecule has 1 heterocycles. The number of likely N-dealkylation sites (N-methyl/N-ethyl adjacent to an activating group) is 1. The third-order valence-corrected chi connectivity index (χ3v) is 5.92. The number of amides is 3. The zero-order valence-electron chi connectivity index (χ0n) is 21.2. The second-order valence-corrected chi connectivity index (χ2v) is 9.10. The fraction of sp³-hybridized carbons (Fsp3) is 0.600. The van der Waals surface area contributed by atoms with Crippen molar-refractivity contribution in [2.24, 2.45) is 11.8 Å². The van der Waals surface area contributed by atoms with Crippen molar-refractivity contribution in [2.45, 2.75) is 73.1 Å². The van der Waals surface area contributed by atoms with E-state index < -0.39 is 36.0 Å². The van der Waals surface area contributed by atoms with Gasteiger partial charge in [0.25, 0.3) is 0 Å². The second-order valence-electron chi connectivity index (χ2n) is 9.10. The van der Waals surface area contributed by atoms with E-state index in [0.717, 1.165) is 11.1 Å². The minimum Gasteiger partial charge on any atom is -0.456 e. The molecule has 1 aliphatic rings. The summed E-state index contributed by atoms with van der Waals surface area (Å²) in [6.07, 6.45) is 3.18. The Morgan fingerprint density at radius 2 is 1.79 bits per heavy atom. The first-order valence-electron chi connectivity index (χ1n) is 11.3. The molecule has 0 bridgehead atoms. The molecule has 2 N–H and O–H groups in total. The van der Waals surface area contributed by atoms with E-state index in [2.05, 4.69) is 17.2 Å². The molecule has 0 radical (unpaired) electrons. The number of rotatable bonds is 3. The van der Waals surface area contributed by atoms with Gasteiger partial charge in [-0.1, -0.05) is 50.6 Å². The third kappa shape index (κ3) is 7.87. The second kappa shape index (κ2) is 12.4. The highest BCUT2D eigenvalue weighted by Gasteiger charge is 2.34. The monoisotopic (exact) mass is 461 g/mol. The van der Waals surface area contributed by atoms with E-state index in [1.54, 1.807) is 6.92 Å². The molecule has 1 aliphatic heterocycles. The Kier molecular flexibility index (Phi) is 10.5. The number of allylic oxidation sites excluding steroid dienone is 3. The number of hydrogen-bond donors (Lipinski definition) is 2. The molecule has 33 heavy (non-hydrogen) atoms. The molecule has 1 fully saturated rings. The van der Waals surface area contributed by atoms with Gasteiger partial charge in [-0.3, -0.25) is 19.2 Å². The van der Waals surface area contributed by atoms with Crippen molar-refractivity contribution in [3.8, 4) is 0 Å². The molecule has 184 valence electrons. The number of carbonyl (C=O) groups excluding carboxylic acids is 4. The predicted molar refractivity (Wildman–Crippen MR) is 128 cm³/mol. The van der Waals surface area contributed by atoms with Gasteiger partial charge in [0, 0.05) is 19.4 Å². The van der Waals surface area contributed by atoms with Crippen LogP contribution in [0.4, 0.5) is 0 Å². The average molecular weight is 462 g/mol. The van der Waals surface area contributed by atoms with Gasteiger partial charge in [0.1, 0.15) is 24.7 Å². The van der Waals surface area contributed by atoms with E-state index in [9.17, 15) is 19.2 Å². The highest BCUT2D eigenvalue weighted by Crippen LogP contribution is 2.26. The Balaban J connectivity index is 3.36. The van der Waals surface area contributed by atoms with Crippen LogP contribution in [-0.4, -0.2) is 60.4 Å². The molecule has 0 spiro atoms. The van der Waals surface area contributed by atoms with Crippen LogP contribution in [0.5, 0.6) is 0 Å². The topological polar surface area (TPSA) is 105 Å². The summed E-state index contributed by atoms with van der Waals surface area (Å²) in [6, 6.07) is -1.63. The van der Waals surface area contributed by atoms with Crippen LogP contribution in [0.3, 0.4) is 0 Å². The normalized spacial score (nSPS) is 27.5. The highest BCUT2D eigenvalue weighted by atomic mass is 16.5. The first kappa shape index (κ1) is 28.1. The molecular formula is C25H39N3O5. The molecule has 3 amide bonds. The van der Waals surface area contributed by atoms with Crippen molar-refractivity contribution in [3.05, 3.63) is 35.5 Å². The van der Waals surface area contributed by atoms with Gasteiger partial charge in [0.15, 0.2) is 0 Å². The van der Waals surface area contributed by atoms with Gasteiger partial charge in [0.05, 0.1) is 0 Å². The van der Waals surface area contributed by atoms with E-state index in [4.69, 9.17) is 4.74 Å². The maximum Gasteiger partial charge on any atom is 0.326 e. The number of carbonyl (C=O) groups is 4. The van der Waals surface area contributed by atoms with Gasteiger partial charge in [0.2, 0.25) is 17.7 Å². The van der Waals surface area contributed by atoms with Crippen molar-refractivity contribution in [1.29, 1.82) is 0 Å². The lowest BCUT2D eigenvalue weighted by atomic mass is 9.89. The number of nitrogens with one attached hydrogen (secondary N) is 2. The highest BCUT2D eigenvalue weighted by molar-refractivity contribution is 5.93. The summed E-state index contributed by atoms with van der Waals surface area (Å²) >= 11 is 0. The standard InChI is InChI=1S/C25H39N3O5/c1-10-15(4)11-17(6)23-18(7)16(5)12-20(29)27-19(8)25(32)28(9)22(14(2)3)24(31)26-13-21(30)33-23/h10-11,14,18-19,22-23H,5,12-13H2,1-4,6-9H3,(H,26,31)(H,27,29)/b15-10+,17-11+/t18-,19+,22+,23+/m1/s1. The Morgan fingerprint density at radius 1 is 1.18 bits per heavy atom. The SMILES string of the molecule is C=C1CC(=O)N[C@@H](C)C(=O)N(C)[C@@H](C(C)C)C(=O)NCC(=O)O[C@@H](/C(C)=C/C(C)=C/C)[C@@H]1C. The van der Waals surface area contributed by atoms with Gasteiger partial charge >= 0.3 is 5.97 Å².